The minimum absolute atomic E-state index is 0.0829. The van der Waals surface area contributed by atoms with E-state index in [1.165, 1.54) is 30.3 Å². The maximum absolute atomic E-state index is 12.9. The normalized spacial score (nSPS) is 20.3. The van der Waals surface area contributed by atoms with Crippen molar-refractivity contribution in [3.05, 3.63) is 64.0 Å². The van der Waals surface area contributed by atoms with Crippen LogP contribution in [0.2, 0.25) is 0 Å². The van der Waals surface area contributed by atoms with Crippen LogP contribution in [0.15, 0.2) is 42.5 Å². The lowest BCUT2D eigenvalue weighted by molar-refractivity contribution is -0.385. The van der Waals surface area contributed by atoms with Crippen LogP contribution in [0.25, 0.3) is 0 Å². The predicted octanol–water partition coefficient (Wildman–Crippen LogP) is 3.87. The van der Waals surface area contributed by atoms with Crippen molar-refractivity contribution in [2.75, 3.05) is 5.32 Å². The topological polar surface area (TPSA) is 73.6 Å². The van der Waals surface area contributed by atoms with Crippen LogP contribution < -0.4 is 5.32 Å². The van der Waals surface area contributed by atoms with Crippen molar-refractivity contribution in [2.45, 2.75) is 19.5 Å². The minimum atomic E-state index is -0.524. The van der Waals surface area contributed by atoms with Gasteiger partial charge in [0, 0.05) is 17.3 Å². The second-order valence-electron chi connectivity index (χ2n) is 4.84. The number of nitro benzene ring substituents is 1. The van der Waals surface area contributed by atoms with Gasteiger partial charge in [0.25, 0.3) is 5.69 Å². The molecule has 1 heterocycles. The second-order valence-corrected chi connectivity index (χ2v) is 4.84. The van der Waals surface area contributed by atoms with Crippen LogP contribution in [0.3, 0.4) is 0 Å². The summed E-state index contributed by atoms with van der Waals surface area (Å²) in [5.74, 6) is -0.376. The number of rotatable bonds is 4. The molecule has 114 valence electrons. The maximum Gasteiger partial charge on any atom is 0.292 e. The molecule has 2 aromatic rings. The molecule has 0 amide bonds. The Hall–Kier alpha value is -2.51. The highest BCUT2D eigenvalue weighted by Crippen LogP contribution is 2.36. The van der Waals surface area contributed by atoms with Crippen LogP contribution >= 0.6 is 0 Å². The molecule has 7 heteroatoms. The van der Waals surface area contributed by atoms with Gasteiger partial charge in [-0.25, -0.2) is 4.39 Å². The summed E-state index contributed by atoms with van der Waals surface area (Å²) >= 11 is 0. The highest BCUT2D eigenvalue weighted by atomic mass is 19.1. The number of anilines is 2. The fraction of sp³-hybridized carbons (Fsp3) is 0.200. The molecule has 1 fully saturated rings. The Bertz CT molecular complexity index is 699. The summed E-state index contributed by atoms with van der Waals surface area (Å²) in [5.41, 5.74) is 1.43. The fourth-order valence-corrected chi connectivity index (χ4v) is 2.16. The molecule has 1 aliphatic heterocycles. The van der Waals surface area contributed by atoms with Gasteiger partial charge in [0.15, 0.2) is 12.6 Å². The zero-order valence-electron chi connectivity index (χ0n) is 11.7. The van der Waals surface area contributed by atoms with Gasteiger partial charge < -0.3 is 14.8 Å². The summed E-state index contributed by atoms with van der Waals surface area (Å²) in [6.45, 7) is 1.76. The van der Waals surface area contributed by atoms with Gasteiger partial charge in [0.2, 0.25) is 0 Å². The minimum Gasteiger partial charge on any atom is -0.350 e. The monoisotopic (exact) mass is 304 g/mol. The number of nitrogens with zero attached hydrogens (tertiary/aromatic N) is 1. The van der Waals surface area contributed by atoms with E-state index in [2.05, 4.69) is 5.32 Å². The number of nitro groups is 1. The van der Waals surface area contributed by atoms with Crippen molar-refractivity contribution >= 4 is 17.1 Å². The molecule has 2 aromatic carbocycles. The Morgan fingerprint density at radius 2 is 1.86 bits per heavy atom. The van der Waals surface area contributed by atoms with Crippen LogP contribution in [-0.4, -0.2) is 11.2 Å². The highest BCUT2D eigenvalue weighted by Gasteiger charge is 2.29. The van der Waals surface area contributed by atoms with Crippen molar-refractivity contribution in [1.29, 1.82) is 0 Å². The average Bonchev–Trinajstić information content (AvgIpc) is 2.46. The smallest absolute Gasteiger partial charge is 0.292 e. The summed E-state index contributed by atoms with van der Waals surface area (Å²) in [7, 11) is 0. The quantitative estimate of drug-likeness (QED) is 0.685. The lowest BCUT2D eigenvalue weighted by Crippen LogP contribution is -2.31. The third-order valence-corrected chi connectivity index (χ3v) is 3.24. The van der Waals surface area contributed by atoms with Crippen molar-refractivity contribution in [3.63, 3.8) is 0 Å². The number of benzene rings is 2. The van der Waals surface area contributed by atoms with Crippen LogP contribution in [0.4, 0.5) is 21.5 Å². The number of halogens is 1. The molecule has 1 aliphatic rings. The molecule has 0 radical (unpaired) electrons. The molecular weight excluding hydrogens is 291 g/mol. The Labute approximate surface area is 125 Å². The average molecular weight is 304 g/mol. The Morgan fingerprint density at radius 1 is 1.18 bits per heavy atom. The van der Waals surface area contributed by atoms with Crippen LogP contribution in [0, 0.1) is 15.9 Å². The van der Waals surface area contributed by atoms with E-state index in [-0.39, 0.29) is 17.8 Å². The van der Waals surface area contributed by atoms with Gasteiger partial charge in [-0.2, -0.15) is 0 Å². The molecule has 1 N–H and O–H groups in total. The third kappa shape index (κ3) is 2.90. The van der Waals surface area contributed by atoms with E-state index in [4.69, 9.17) is 9.47 Å². The fourth-order valence-electron chi connectivity index (χ4n) is 2.16. The van der Waals surface area contributed by atoms with E-state index in [1.807, 2.05) is 0 Å². The summed E-state index contributed by atoms with van der Waals surface area (Å²) in [6.07, 6.45) is -0.807. The summed E-state index contributed by atoms with van der Waals surface area (Å²) < 4.78 is 23.7. The molecular formula is C15H13FN2O4. The van der Waals surface area contributed by atoms with Crippen LogP contribution in [0.5, 0.6) is 0 Å². The molecule has 0 aliphatic carbocycles. The molecule has 22 heavy (non-hydrogen) atoms. The van der Waals surface area contributed by atoms with E-state index < -0.39 is 11.2 Å². The van der Waals surface area contributed by atoms with Crippen LogP contribution in [0.1, 0.15) is 18.8 Å². The summed E-state index contributed by atoms with van der Waals surface area (Å²) in [5, 5.41) is 14.0. The number of hydrogen-bond acceptors (Lipinski definition) is 5. The lowest BCUT2D eigenvalue weighted by atomic mass is 10.1. The number of nitrogens with one attached hydrogen (secondary N) is 1. The Morgan fingerprint density at radius 3 is 2.45 bits per heavy atom. The first-order chi connectivity index (χ1) is 10.5. The van der Waals surface area contributed by atoms with E-state index in [0.717, 1.165) is 0 Å². The lowest BCUT2D eigenvalue weighted by Gasteiger charge is -2.34. The van der Waals surface area contributed by atoms with E-state index in [0.29, 0.717) is 16.9 Å². The zero-order chi connectivity index (χ0) is 15.7. The first-order valence-corrected chi connectivity index (χ1v) is 6.65. The summed E-state index contributed by atoms with van der Waals surface area (Å²) in [4.78, 5) is 10.6. The third-order valence-electron chi connectivity index (χ3n) is 3.24. The van der Waals surface area contributed by atoms with Gasteiger partial charge in [-0.05, 0) is 43.3 Å². The van der Waals surface area contributed by atoms with E-state index in [1.54, 1.807) is 19.1 Å². The van der Waals surface area contributed by atoms with Crippen molar-refractivity contribution < 1.29 is 18.8 Å². The number of ether oxygens (including phenoxy) is 2. The van der Waals surface area contributed by atoms with Gasteiger partial charge in [-0.3, -0.25) is 10.1 Å². The standard InChI is InChI=1S/C15H13FN2O4/c1-9-21-15(22-9)10-2-7-14(18(19)20)13(8-10)17-12-5-3-11(16)4-6-12/h2-9,15,17H,1H3. The van der Waals surface area contributed by atoms with Crippen molar-refractivity contribution in [2.24, 2.45) is 0 Å². The maximum atomic E-state index is 12.9. The van der Waals surface area contributed by atoms with E-state index >= 15 is 0 Å². The molecule has 0 atom stereocenters. The zero-order valence-corrected chi connectivity index (χ0v) is 11.7. The van der Waals surface area contributed by atoms with Crippen LogP contribution in [-0.2, 0) is 9.47 Å². The Balaban J connectivity index is 1.90. The van der Waals surface area contributed by atoms with Crippen molar-refractivity contribution in [1.82, 2.24) is 0 Å². The molecule has 0 spiro atoms. The van der Waals surface area contributed by atoms with E-state index in [9.17, 15) is 14.5 Å². The summed E-state index contributed by atoms with van der Waals surface area (Å²) in [6, 6.07) is 10.1. The number of hydrogen-bond donors (Lipinski definition) is 1. The predicted molar refractivity (Wildman–Crippen MR) is 77.2 cm³/mol. The van der Waals surface area contributed by atoms with Gasteiger partial charge in [-0.1, -0.05) is 0 Å². The Kier molecular flexibility index (Phi) is 3.74. The first-order valence-electron chi connectivity index (χ1n) is 6.65. The van der Waals surface area contributed by atoms with Gasteiger partial charge in [0.05, 0.1) is 4.92 Å². The molecule has 0 bridgehead atoms. The molecule has 0 aromatic heterocycles. The molecule has 1 saturated heterocycles. The van der Waals surface area contributed by atoms with Crippen molar-refractivity contribution in [3.8, 4) is 0 Å². The van der Waals surface area contributed by atoms with Gasteiger partial charge >= 0.3 is 0 Å². The largest absolute Gasteiger partial charge is 0.350 e. The second kappa shape index (κ2) is 5.70. The van der Waals surface area contributed by atoms with Gasteiger partial charge in [-0.15, -0.1) is 0 Å². The van der Waals surface area contributed by atoms with Gasteiger partial charge in [0.1, 0.15) is 11.5 Å². The molecule has 3 rings (SSSR count). The highest BCUT2D eigenvalue weighted by molar-refractivity contribution is 5.70. The molecule has 0 saturated carbocycles. The molecule has 0 unspecified atom stereocenters. The first kappa shape index (κ1) is 14.4. The SMILES string of the molecule is CC1OC(c2ccc([N+](=O)[O-])c(Nc3ccc(F)cc3)c2)O1. The molecule has 6 nitrogen and oxygen atoms in total.